The fourth-order valence-electron chi connectivity index (χ4n) is 2.89. The summed E-state index contributed by atoms with van der Waals surface area (Å²) in [6.07, 6.45) is 6.18. The van der Waals surface area contributed by atoms with Gasteiger partial charge in [-0.25, -0.2) is 0 Å². The van der Waals surface area contributed by atoms with Gasteiger partial charge in [0.05, 0.1) is 6.07 Å². The fourth-order valence-corrected chi connectivity index (χ4v) is 2.89. The third-order valence-electron chi connectivity index (χ3n) is 4.19. The van der Waals surface area contributed by atoms with Crippen molar-refractivity contribution >= 4 is 5.69 Å². The summed E-state index contributed by atoms with van der Waals surface area (Å²) in [7, 11) is 0. The SMILES string of the molecule is Cc1ccccc1NC(C)(C#N)C1CCCCC1. The molecule has 1 aliphatic carbocycles. The molecule has 2 heteroatoms. The zero-order valence-electron chi connectivity index (χ0n) is 11.4. The van der Waals surface area contributed by atoms with Crippen LogP contribution >= 0.6 is 0 Å². The van der Waals surface area contributed by atoms with Crippen molar-refractivity contribution in [2.24, 2.45) is 5.92 Å². The lowest BCUT2D eigenvalue weighted by atomic mass is 9.76. The van der Waals surface area contributed by atoms with Gasteiger partial charge in [-0.2, -0.15) is 5.26 Å². The summed E-state index contributed by atoms with van der Waals surface area (Å²) in [6, 6.07) is 10.7. The lowest BCUT2D eigenvalue weighted by molar-refractivity contribution is 0.286. The second-order valence-corrected chi connectivity index (χ2v) is 5.59. The van der Waals surface area contributed by atoms with E-state index in [0.717, 1.165) is 5.69 Å². The highest BCUT2D eigenvalue weighted by Gasteiger charge is 2.35. The van der Waals surface area contributed by atoms with Crippen LogP contribution in [0.1, 0.15) is 44.6 Å². The molecule has 2 nitrogen and oxygen atoms in total. The second-order valence-electron chi connectivity index (χ2n) is 5.59. The van der Waals surface area contributed by atoms with E-state index in [0.29, 0.717) is 5.92 Å². The molecule has 0 aromatic heterocycles. The van der Waals surface area contributed by atoms with Gasteiger partial charge >= 0.3 is 0 Å². The van der Waals surface area contributed by atoms with Gasteiger partial charge in [-0.3, -0.25) is 0 Å². The van der Waals surface area contributed by atoms with Crippen LogP contribution in [-0.4, -0.2) is 5.54 Å². The molecule has 1 aromatic carbocycles. The summed E-state index contributed by atoms with van der Waals surface area (Å²) in [5.74, 6) is 0.468. The number of para-hydroxylation sites is 1. The van der Waals surface area contributed by atoms with Crippen LogP contribution in [0.5, 0.6) is 0 Å². The number of nitrogens with one attached hydrogen (secondary N) is 1. The minimum Gasteiger partial charge on any atom is -0.367 e. The van der Waals surface area contributed by atoms with Crippen LogP contribution in [0.25, 0.3) is 0 Å². The lowest BCUT2D eigenvalue weighted by Gasteiger charge is -2.36. The highest BCUT2D eigenvalue weighted by molar-refractivity contribution is 5.53. The van der Waals surface area contributed by atoms with Crippen molar-refractivity contribution in [1.29, 1.82) is 5.26 Å². The van der Waals surface area contributed by atoms with Gasteiger partial charge < -0.3 is 5.32 Å². The van der Waals surface area contributed by atoms with Crippen molar-refractivity contribution in [3.8, 4) is 6.07 Å². The van der Waals surface area contributed by atoms with Gasteiger partial charge in [0.2, 0.25) is 0 Å². The van der Waals surface area contributed by atoms with Gasteiger partial charge in [-0.15, -0.1) is 0 Å². The first-order chi connectivity index (χ1) is 8.65. The minimum absolute atomic E-state index is 0.438. The number of rotatable bonds is 3. The van der Waals surface area contributed by atoms with Crippen LogP contribution in [0.15, 0.2) is 24.3 Å². The quantitative estimate of drug-likeness (QED) is 0.859. The van der Waals surface area contributed by atoms with Crippen molar-refractivity contribution in [2.45, 2.75) is 51.5 Å². The fraction of sp³-hybridized carbons (Fsp3) is 0.562. The number of nitrogens with zero attached hydrogens (tertiary/aromatic N) is 1. The Morgan fingerprint density at radius 2 is 1.89 bits per heavy atom. The van der Waals surface area contributed by atoms with E-state index in [1.54, 1.807) is 0 Å². The monoisotopic (exact) mass is 242 g/mol. The Bertz CT molecular complexity index is 441. The lowest BCUT2D eigenvalue weighted by Crippen LogP contribution is -2.42. The summed E-state index contributed by atoms with van der Waals surface area (Å²) in [6.45, 7) is 4.14. The van der Waals surface area contributed by atoms with Crippen molar-refractivity contribution in [1.82, 2.24) is 0 Å². The number of hydrogen-bond acceptors (Lipinski definition) is 2. The van der Waals surface area contributed by atoms with E-state index < -0.39 is 5.54 Å². The third kappa shape index (κ3) is 2.67. The van der Waals surface area contributed by atoms with Crippen molar-refractivity contribution in [2.75, 3.05) is 5.32 Å². The zero-order valence-corrected chi connectivity index (χ0v) is 11.4. The molecule has 0 bridgehead atoms. The summed E-state index contributed by atoms with van der Waals surface area (Å²) in [5.41, 5.74) is 1.86. The predicted octanol–water partition coefficient (Wildman–Crippen LogP) is 4.27. The molecule has 0 radical (unpaired) electrons. The first kappa shape index (κ1) is 13.0. The van der Waals surface area contributed by atoms with Crippen LogP contribution in [0.2, 0.25) is 0 Å². The topological polar surface area (TPSA) is 35.8 Å². The Kier molecular flexibility index (Phi) is 3.91. The van der Waals surface area contributed by atoms with Crippen LogP contribution in [0.4, 0.5) is 5.69 Å². The smallest absolute Gasteiger partial charge is 0.125 e. The Hall–Kier alpha value is -1.49. The Morgan fingerprint density at radius 3 is 2.50 bits per heavy atom. The Labute approximate surface area is 110 Å². The van der Waals surface area contributed by atoms with E-state index in [-0.39, 0.29) is 0 Å². The highest BCUT2D eigenvalue weighted by Crippen LogP contribution is 2.35. The normalized spacial score (nSPS) is 19.8. The number of anilines is 1. The molecule has 1 unspecified atom stereocenters. The first-order valence-electron chi connectivity index (χ1n) is 6.91. The molecule has 1 aliphatic rings. The average molecular weight is 242 g/mol. The molecule has 96 valence electrons. The Morgan fingerprint density at radius 1 is 1.22 bits per heavy atom. The van der Waals surface area contributed by atoms with E-state index in [1.807, 2.05) is 12.1 Å². The first-order valence-corrected chi connectivity index (χ1v) is 6.91. The second kappa shape index (κ2) is 5.44. The molecule has 2 rings (SSSR count). The summed E-state index contributed by atoms with van der Waals surface area (Å²) < 4.78 is 0. The van der Waals surface area contributed by atoms with Gasteiger partial charge in [-0.05, 0) is 44.2 Å². The molecule has 1 N–H and O–H groups in total. The van der Waals surface area contributed by atoms with Gasteiger partial charge in [0.15, 0.2) is 0 Å². The molecular formula is C16H22N2. The number of aryl methyl sites for hydroxylation is 1. The van der Waals surface area contributed by atoms with Crippen LogP contribution in [0.3, 0.4) is 0 Å². The van der Waals surface area contributed by atoms with Gasteiger partial charge in [0.25, 0.3) is 0 Å². The van der Waals surface area contributed by atoms with Crippen molar-refractivity contribution in [3.63, 3.8) is 0 Å². The van der Waals surface area contributed by atoms with E-state index in [4.69, 9.17) is 0 Å². The molecule has 1 saturated carbocycles. The van der Waals surface area contributed by atoms with Crippen LogP contribution < -0.4 is 5.32 Å². The molecule has 0 saturated heterocycles. The summed E-state index contributed by atoms with van der Waals surface area (Å²) >= 11 is 0. The Balaban J connectivity index is 2.18. The van der Waals surface area contributed by atoms with Gasteiger partial charge in [0.1, 0.15) is 5.54 Å². The number of hydrogen-bond donors (Lipinski definition) is 1. The molecule has 1 atom stereocenters. The molecule has 1 fully saturated rings. The van der Waals surface area contributed by atoms with Gasteiger partial charge in [-0.1, -0.05) is 37.5 Å². The third-order valence-corrected chi connectivity index (χ3v) is 4.19. The van der Waals surface area contributed by atoms with Crippen LogP contribution in [0, 0.1) is 24.2 Å². The molecule has 18 heavy (non-hydrogen) atoms. The maximum Gasteiger partial charge on any atom is 0.125 e. The van der Waals surface area contributed by atoms with Crippen molar-refractivity contribution in [3.05, 3.63) is 29.8 Å². The van der Waals surface area contributed by atoms with E-state index >= 15 is 0 Å². The molecule has 0 heterocycles. The molecule has 0 amide bonds. The van der Waals surface area contributed by atoms with E-state index in [2.05, 4.69) is 37.4 Å². The maximum absolute atomic E-state index is 9.58. The molecule has 0 aliphatic heterocycles. The summed E-state index contributed by atoms with van der Waals surface area (Å²) in [4.78, 5) is 0. The van der Waals surface area contributed by atoms with E-state index in [1.165, 1.54) is 37.7 Å². The predicted molar refractivity (Wildman–Crippen MR) is 75.4 cm³/mol. The number of nitriles is 1. The van der Waals surface area contributed by atoms with Crippen molar-refractivity contribution < 1.29 is 0 Å². The highest BCUT2D eigenvalue weighted by atomic mass is 15.0. The minimum atomic E-state index is -0.438. The maximum atomic E-state index is 9.58. The summed E-state index contributed by atoms with van der Waals surface area (Å²) in [5, 5.41) is 13.1. The molecule has 0 spiro atoms. The largest absolute Gasteiger partial charge is 0.367 e. The molecule has 1 aromatic rings. The molecular weight excluding hydrogens is 220 g/mol. The number of benzene rings is 1. The zero-order chi connectivity index (χ0) is 13.0. The van der Waals surface area contributed by atoms with Crippen LogP contribution in [-0.2, 0) is 0 Å². The van der Waals surface area contributed by atoms with E-state index in [9.17, 15) is 5.26 Å². The van der Waals surface area contributed by atoms with Gasteiger partial charge in [0, 0.05) is 5.69 Å². The average Bonchev–Trinajstić information content (AvgIpc) is 2.42. The standard InChI is InChI=1S/C16H22N2/c1-13-8-6-7-11-15(13)18-16(2,12-17)14-9-4-3-5-10-14/h6-8,11,14,18H,3-5,9-10H2,1-2H3.